The molecule has 16 heavy (non-hydrogen) atoms. The normalized spacial score (nSPS) is 21.2. The van der Waals surface area contributed by atoms with Crippen molar-refractivity contribution < 1.29 is 4.79 Å². The van der Waals surface area contributed by atoms with Gasteiger partial charge in [0.25, 0.3) is 0 Å². The summed E-state index contributed by atoms with van der Waals surface area (Å²) < 4.78 is 0. The van der Waals surface area contributed by atoms with Crippen molar-refractivity contribution in [3.05, 3.63) is 0 Å². The molecular formula is C11H24N4O. The molecule has 0 aromatic carbocycles. The van der Waals surface area contributed by atoms with Gasteiger partial charge in [0.05, 0.1) is 6.04 Å². The third-order valence-corrected chi connectivity index (χ3v) is 3.67. The summed E-state index contributed by atoms with van der Waals surface area (Å²) in [5, 5.41) is 3.26. The molecule has 0 aromatic rings. The Hall–Kier alpha value is -0.650. The van der Waals surface area contributed by atoms with Crippen LogP contribution in [0.2, 0.25) is 0 Å². The van der Waals surface area contributed by atoms with Crippen molar-refractivity contribution in [2.24, 2.45) is 11.5 Å². The third kappa shape index (κ3) is 3.17. The highest BCUT2D eigenvalue weighted by Crippen LogP contribution is 2.32. The molecule has 1 aliphatic carbocycles. The highest BCUT2D eigenvalue weighted by molar-refractivity contribution is 5.79. The summed E-state index contributed by atoms with van der Waals surface area (Å²) in [6.07, 6.45) is 4.97. The molecule has 1 aliphatic rings. The molecule has 0 saturated heterocycles. The van der Waals surface area contributed by atoms with Crippen molar-refractivity contribution in [2.45, 2.75) is 37.3 Å². The Balaban J connectivity index is 2.37. The van der Waals surface area contributed by atoms with Crippen LogP contribution in [-0.4, -0.2) is 49.6 Å². The molecule has 1 amide bonds. The first-order valence-electron chi connectivity index (χ1n) is 5.91. The predicted molar refractivity (Wildman–Crippen MR) is 64.9 cm³/mol. The first kappa shape index (κ1) is 13.4. The number of hydrogen-bond acceptors (Lipinski definition) is 4. The standard InChI is InChI=1S/C11H24N4O/c1-15(2)11(5-3-4-6-11)8-14-7-9(12)10(13)16/h9,14H,3-8,12H2,1-2H3,(H2,13,16). The zero-order valence-electron chi connectivity index (χ0n) is 10.3. The molecule has 0 bridgehead atoms. The van der Waals surface area contributed by atoms with E-state index in [-0.39, 0.29) is 5.54 Å². The summed E-state index contributed by atoms with van der Waals surface area (Å²) in [5.41, 5.74) is 10.9. The number of hydrogen-bond donors (Lipinski definition) is 3. The van der Waals surface area contributed by atoms with Crippen LogP contribution < -0.4 is 16.8 Å². The second-order valence-corrected chi connectivity index (χ2v) is 4.97. The van der Waals surface area contributed by atoms with Gasteiger partial charge in [0.15, 0.2) is 0 Å². The maximum atomic E-state index is 10.8. The van der Waals surface area contributed by atoms with Gasteiger partial charge in [-0.2, -0.15) is 0 Å². The molecular weight excluding hydrogens is 204 g/mol. The number of nitrogens with two attached hydrogens (primary N) is 2. The van der Waals surface area contributed by atoms with Crippen molar-refractivity contribution in [1.82, 2.24) is 10.2 Å². The van der Waals surface area contributed by atoms with E-state index in [0.717, 1.165) is 6.54 Å². The predicted octanol–water partition coefficient (Wildman–Crippen LogP) is -0.737. The smallest absolute Gasteiger partial charge is 0.235 e. The number of rotatable bonds is 6. The topological polar surface area (TPSA) is 84.4 Å². The van der Waals surface area contributed by atoms with E-state index in [9.17, 15) is 4.79 Å². The molecule has 5 N–H and O–H groups in total. The van der Waals surface area contributed by atoms with Crippen LogP contribution in [0.3, 0.4) is 0 Å². The quantitative estimate of drug-likeness (QED) is 0.559. The fraction of sp³-hybridized carbons (Fsp3) is 0.909. The fourth-order valence-electron chi connectivity index (χ4n) is 2.38. The second kappa shape index (κ2) is 5.61. The number of carbonyl (C=O) groups excluding carboxylic acids is 1. The Morgan fingerprint density at radius 3 is 2.44 bits per heavy atom. The van der Waals surface area contributed by atoms with E-state index < -0.39 is 11.9 Å². The molecule has 1 fully saturated rings. The van der Waals surface area contributed by atoms with Crippen LogP contribution in [0.25, 0.3) is 0 Å². The summed E-state index contributed by atoms with van der Waals surface area (Å²) >= 11 is 0. The van der Waals surface area contributed by atoms with Gasteiger partial charge in [-0.15, -0.1) is 0 Å². The highest BCUT2D eigenvalue weighted by Gasteiger charge is 2.35. The van der Waals surface area contributed by atoms with Gasteiger partial charge >= 0.3 is 0 Å². The Morgan fingerprint density at radius 2 is 2.00 bits per heavy atom. The zero-order chi connectivity index (χ0) is 12.2. The van der Waals surface area contributed by atoms with E-state index >= 15 is 0 Å². The summed E-state index contributed by atoms with van der Waals surface area (Å²) in [6.45, 7) is 1.34. The second-order valence-electron chi connectivity index (χ2n) is 4.97. The maximum Gasteiger partial charge on any atom is 0.235 e. The van der Waals surface area contributed by atoms with Crippen molar-refractivity contribution in [1.29, 1.82) is 0 Å². The van der Waals surface area contributed by atoms with Crippen LogP contribution in [0.15, 0.2) is 0 Å². The lowest BCUT2D eigenvalue weighted by Gasteiger charge is -2.36. The SMILES string of the molecule is CN(C)C1(CNCC(N)C(N)=O)CCCC1. The molecule has 0 aromatic heterocycles. The summed E-state index contributed by atoms with van der Waals surface area (Å²) in [7, 11) is 4.22. The fourth-order valence-corrected chi connectivity index (χ4v) is 2.38. The molecule has 1 atom stereocenters. The monoisotopic (exact) mass is 228 g/mol. The van der Waals surface area contributed by atoms with Crippen LogP contribution in [0.4, 0.5) is 0 Å². The molecule has 5 nitrogen and oxygen atoms in total. The van der Waals surface area contributed by atoms with E-state index in [4.69, 9.17) is 11.5 Å². The van der Waals surface area contributed by atoms with Gasteiger partial charge in [-0.25, -0.2) is 0 Å². The Bertz CT molecular complexity index is 236. The molecule has 0 radical (unpaired) electrons. The molecule has 94 valence electrons. The van der Waals surface area contributed by atoms with E-state index in [2.05, 4.69) is 24.3 Å². The van der Waals surface area contributed by atoms with Gasteiger partial charge in [0.2, 0.25) is 5.91 Å². The van der Waals surface area contributed by atoms with Gasteiger partial charge in [-0.05, 0) is 26.9 Å². The van der Waals surface area contributed by atoms with Gasteiger partial charge in [0, 0.05) is 18.6 Å². The number of likely N-dealkylation sites (N-methyl/N-ethyl adjacent to an activating group) is 1. The Kier molecular flexibility index (Phi) is 4.70. The average Bonchev–Trinajstić information content (AvgIpc) is 2.67. The van der Waals surface area contributed by atoms with Gasteiger partial charge in [0.1, 0.15) is 0 Å². The van der Waals surface area contributed by atoms with Crippen LogP contribution in [0, 0.1) is 0 Å². The van der Waals surface area contributed by atoms with E-state index in [0.29, 0.717) is 6.54 Å². The highest BCUT2D eigenvalue weighted by atomic mass is 16.1. The van der Waals surface area contributed by atoms with Crippen LogP contribution in [-0.2, 0) is 4.79 Å². The molecule has 1 unspecified atom stereocenters. The zero-order valence-corrected chi connectivity index (χ0v) is 10.3. The van der Waals surface area contributed by atoms with Crippen molar-refractivity contribution in [3.63, 3.8) is 0 Å². The number of nitrogens with zero attached hydrogens (tertiary/aromatic N) is 1. The molecule has 0 spiro atoms. The van der Waals surface area contributed by atoms with Crippen LogP contribution in [0.5, 0.6) is 0 Å². The lowest BCUT2D eigenvalue weighted by molar-refractivity contribution is -0.119. The number of carbonyl (C=O) groups is 1. The van der Waals surface area contributed by atoms with Crippen LogP contribution in [0.1, 0.15) is 25.7 Å². The molecule has 1 rings (SSSR count). The summed E-state index contributed by atoms with van der Waals surface area (Å²) in [4.78, 5) is 13.1. The minimum atomic E-state index is -0.583. The Labute approximate surface area is 97.5 Å². The van der Waals surface area contributed by atoms with Gasteiger partial charge in [-0.3, -0.25) is 4.79 Å². The number of nitrogens with one attached hydrogen (secondary N) is 1. The minimum Gasteiger partial charge on any atom is -0.368 e. The van der Waals surface area contributed by atoms with Crippen molar-refractivity contribution in [3.8, 4) is 0 Å². The third-order valence-electron chi connectivity index (χ3n) is 3.67. The largest absolute Gasteiger partial charge is 0.368 e. The number of amides is 1. The Morgan fingerprint density at radius 1 is 1.44 bits per heavy atom. The summed E-state index contributed by atoms with van der Waals surface area (Å²) in [6, 6.07) is -0.583. The first-order chi connectivity index (χ1) is 7.48. The molecule has 0 aliphatic heterocycles. The van der Waals surface area contributed by atoms with E-state index in [1.807, 2.05) is 0 Å². The van der Waals surface area contributed by atoms with Gasteiger partial charge < -0.3 is 21.7 Å². The number of primary amides is 1. The minimum absolute atomic E-state index is 0.233. The molecule has 0 heterocycles. The van der Waals surface area contributed by atoms with E-state index in [1.54, 1.807) is 0 Å². The molecule has 5 heteroatoms. The van der Waals surface area contributed by atoms with Crippen molar-refractivity contribution in [2.75, 3.05) is 27.2 Å². The van der Waals surface area contributed by atoms with Crippen LogP contribution >= 0.6 is 0 Å². The average molecular weight is 228 g/mol. The maximum absolute atomic E-state index is 10.8. The van der Waals surface area contributed by atoms with E-state index in [1.165, 1.54) is 25.7 Å². The lowest BCUT2D eigenvalue weighted by Crippen LogP contribution is -2.53. The summed E-state index contributed by atoms with van der Waals surface area (Å²) in [5.74, 6) is -0.446. The van der Waals surface area contributed by atoms with Crippen molar-refractivity contribution >= 4 is 5.91 Å². The lowest BCUT2D eigenvalue weighted by atomic mass is 9.96. The first-order valence-corrected chi connectivity index (χ1v) is 5.91. The molecule has 1 saturated carbocycles. The van der Waals surface area contributed by atoms with Gasteiger partial charge in [-0.1, -0.05) is 12.8 Å².